The standard InChI is InChI=1S/C27H43N5O.C2H6.CH4O/c1-6-26(21-24-15-11-9-8-10-14-22(24)3)30-18-13-19-31-27(33)25(16-12-17-28)20-23(4)32(7-2)29-5;2*1-2/h7-8,10-12,15,17,20,23,26,30H,2,5-6,9,13-14,16,18-19,21,28H2,1,3-4H3,(H,31,33);1-2H3;2H,1H3/b10-8-,15-11?,17-12-,24-22+,25-20+;;. The van der Waals surface area contributed by atoms with E-state index >= 15 is 0 Å². The average molecular weight is 516 g/mol. The Bertz CT molecular complexity index is 773. The summed E-state index contributed by atoms with van der Waals surface area (Å²) in [7, 11) is 1.00. The van der Waals surface area contributed by atoms with Crippen LogP contribution >= 0.6 is 0 Å². The first kappa shape index (κ1) is 36.3. The number of amides is 1. The van der Waals surface area contributed by atoms with E-state index in [4.69, 9.17) is 10.8 Å². The maximum Gasteiger partial charge on any atom is 0.247 e. The first-order valence-corrected chi connectivity index (χ1v) is 13.4. The van der Waals surface area contributed by atoms with E-state index in [1.54, 1.807) is 17.3 Å². The van der Waals surface area contributed by atoms with Crippen molar-refractivity contribution in [3.8, 4) is 0 Å². The van der Waals surface area contributed by atoms with E-state index in [1.807, 2.05) is 26.8 Å². The minimum atomic E-state index is -0.130. The molecule has 0 aromatic rings. The molecule has 0 aliphatic heterocycles. The van der Waals surface area contributed by atoms with Crippen LogP contribution < -0.4 is 16.4 Å². The van der Waals surface area contributed by atoms with Crippen molar-refractivity contribution in [2.24, 2.45) is 10.8 Å². The van der Waals surface area contributed by atoms with E-state index in [2.05, 4.69) is 67.2 Å². The van der Waals surface area contributed by atoms with E-state index in [0.717, 1.165) is 45.8 Å². The highest BCUT2D eigenvalue weighted by Gasteiger charge is 2.13. The molecule has 1 amide bonds. The molecule has 210 valence electrons. The van der Waals surface area contributed by atoms with Crippen LogP contribution in [0.3, 0.4) is 0 Å². The number of nitrogens with two attached hydrogens (primary N) is 1. The summed E-state index contributed by atoms with van der Waals surface area (Å²) in [5.74, 6) is -0.0893. The van der Waals surface area contributed by atoms with Gasteiger partial charge in [-0.3, -0.25) is 9.80 Å². The van der Waals surface area contributed by atoms with Crippen LogP contribution in [0.1, 0.15) is 73.1 Å². The number of allylic oxidation sites excluding steroid dienone is 6. The molecule has 5 N–H and O–H groups in total. The molecule has 37 heavy (non-hydrogen) atoms. The zero-order chi connectivity index (χ0) is 28.5. The molecule has 0 aromatic carbocycles. The number of aliphatic hydroxyl groups excluding tert-OH is 1. The van der Waals surface area contributed by atoms with Crippen LogP contribution in [0.4, 0.5) is 0 Å². The lowest BCUT2D eigenvalue weighted by Crippen LogP contribution is -2.33. The average Bonchev–Trinajstić information content (AvgIpc) is 2.92. The molecule has 2 atom stereocenters. The molecule has 0 bridgehead atoms. The Labute approximate surface area is 226 Å². The Kier molecular flexibility index (Phi) is 24.3. The van der Waals surface area contributed by atoms with E-state index < -0.39 is 0 Å². The molecule has 2 unspecified atom stereocenters. The van der Waals surface area contributed by atoms with Gasteiger partial charge in [0.1, 0.15) is 0 Å². The number of hydrogen-bond acceptors (Lipinski definition) is 6. The summed E-state index contributed by atoms with van der Waals surface area (Å²) in [6.07, 6.45) is 21.1. The molecular weight excluding hydrogens is 462 g/mol. The van der Waals surface area contributed by atoms with Gasteiger partial charge in [0.2, 0.25) is 5.91 Å². The Balaban J connectivity index is 0. The second kappa shape index (κ2) is 24.8. The summed E-state index contributed by atoms with van der Waals surface area (Å²) in [5, 5.41) is 19.2. The third-order valence-electron chi connectivity index (χ3n) is 5.74. The summed E-state index contributed by atoms with van der Waals surface area (Å²) in [6, 6.07) is 0.301. The maximum atomic E-state index is 12.7. The summed E-state index contributed by atoms with van der Waals surface area (Å²) >= 11 is 0. The predicted octanol–water partition coefficient (Wildman–Crippen LogP) is 5.35. The summed E-state index contributed by atoms with van der Waals surface area (Å²) in [4.78, 5) is 12.7. The molecule has 0 fully saturated rings. The molecule has 0 saturated carbocycles. The lowest BCUT2D eigenvalue weighted by Gasteiger charge is -2.20. The lowest BCUT2D eigenvalue weighted by atomic mass is 9.96. The number of nitrogens with zero attached hydrogens (tertiary/aromatic N) is 2. The fraction of sp³-hybridized carbons (Fsp3) is 0.533. The van der Waals surface area contributed by atoms with Gasteiger partial charge in [0.05, 0.1) is 6.04 Å². The van der Waals surface area contributed by atoms with Crippen LogP contribution in [0.5, 0.6) is 0 Å². The van der Waals surface area contributed by atoms with Crippen molar-refractivity contribution in [2.45, 2.75) is 85.2 Å². The highest BCUT2D eigenvalue weighted by atomic mass is 16.2. The van der Waals surface area contributed by atoms with Gasteiger partial charge in [-0.1, -0.05) is 69.4 Å². The fourth-order valence-corrected chi connectivity index (χ4v) is 3.65. The van der Waals surface area contributed by atoms with Crippen LogP contribution in [-0.2, 0) is 4.79 Å². The van der Waals surface area contributed by atoms with Gasteiger partial charge in [-0.25, -0.2) is 0 Å². The summed E-state index contributed by atoms with van der Waals surface area (Å²) < 4.78 is 0. The SMILES string of the molecule is C=CN(N=C)C(C)/C=C(\C/C=C\N)C(=O)NCCCNC(CC)C/C1=C(\C)C/C=C\CC=C1.CC.CO. The molecule has 1 aliphatic carbocycles. The van der Waals surface area contributed by atoms with E-state index in [0.29, 0.717) is 24.6 Å². The van der Waals surface area contributed by atoms with Crippen LogP contribution in [-0.4, -0.2) is 55.0 Å². The number of hydrogen-bond donors (Lipinski definition) is 4. The van der Waals surface area contributed by atoms with Gasteiger partial charge in [-0.05, 0) is 70.7 Å². The molecular formula is C30H53N5O2. The van der Waals surface area contributed by atoms with Gasteiger partial charge in [0, 0.05) is 38.2 Å². The number of nitrogens with one attached hydrogen (secondary N) is 2. The molecule has 1 aliphatic rings. The number of aliphatic hydroxyl groups is 1. The molecule has 1 rings (SSSR count). The van der Waals surface area contributed by atoms with E-state index in [1.165, 1.54) is 17.3 Å². The van der Waals surface area contributed by atoms with Crippen molar-refractivity contribution < 1.29 is 9.90 Å². The van der Waals surface area contributed by atoms with Crippen molar-refractivity contribution >= 4 is 12.6 Å². The third-order valence-corrected chi connectivity index (χ3v) is 5.74. The first-order chi connectivity index (χ1) is 18.0. The Morgan fingerprint density at radius 1 is 1.27 bits per heavy atom. The highest BCUT2D eigenvalue weighted by molar-refractivity contribution is 5.93. The molecule has 0 spiro atoms. The van der Waals surface area contributed by atoms with Crippen molar-refractivity contribution in [2.75, 3.05) is 20.2 Å². The molecule has 0 heterocycles. The predicted molar refractivity (Wildman–Crippen MR) is 161 cm³/mol. The third kappa shape index (κ3) is 16.5. The summed E-state index contributed by atoms with van der Waals surface area (Å²) in [6.45, 7) is 19.1. The van der Waals surface area contributed by atoms with Crippen LogP contribution in [0.2, 0.25) is 0 Å². The highest BCUT2D eigenvalue weighted by Crippen LogP contribution is 2.20. The molecule has 0 radical (unpaired) electrons. The molecule has 0 saturated heterocycles. The van der Waals surface area contributed by atoms with Gasteiger partial charge in [-0.2, -0.15) is 5.10 Å². The Morgan fingerprint density at radius 3 is 2.57 bits per heavy atom. The zero-order valence-corrected chi connectivity index (χ0v) is 24.2. The number of hydrazone groups is 1. The van der Waals surface area contributed by atoms with Gasteiger partial charge in [-0.15, -0.1) is 0 Å². The smallest absolute Gasteiger partial charge is 0.247 e. The quantitative estimate of drug-likeness (QED) is 0.0774. The molecule has 7 nitrogen and oxygen atoms in total. The Morgan fingerprint density at radius 2 is 1.97 bits per heavy atom. The number of rotatable bonds is 15. The van der Waals surface area contributed by atoms with Crippen molar-refractivity contribution in [1.82, 2.24) is 15.6 Å². The van der Waals surface area contributed by atoms with Crippen LogP contribution in [0.15, 0.2) is 77.3 Å². The van der Waals surface area contributed by atoms with Crippen molar-refractivity contribution in [3.05, 3.63) is 72.2 Å². The van der Waals surface area contributed by atoms with E-state index in [-0.39, 0.29) is 11.9 Å². The van der Waals surface area contributed by atoms with Crippen LogP contribution in [0, 0.1) is 0 Å². The topological polar surface area (TPSA) is 103 Å². The van der Waals surface area contributed by atoms with Gasteiger partial charge in [0.25, 0.3) is 0 Å². The minimum Gasteiger partial charge on any atom is -0.405 e. The fourth-order valence-electron chi connectivity index (χ4n) is 3.65. The lowest BCUT2D eigenvalue weighted by molar-refractivity contribution is -0.117. The van der Waals surface area contributed by atoms with Gasteiger partial charge < -0.3 is 21.5 Å². The summed E-state index contributed by atoms with van der Waals surface area (Å²) in [5.41, 5.74) is 9.00. The van der Waals surface area contributed by atoms with Gasteiger partial charge >= 0.3 is 0 Å². The van der Waals surface area contributed by atoms with E-state index in [9.17, 15) is 4.79 Å². The molecule has 0 aromatic heterocycles. The van der Waals surface area contributed by atoms with Crippen molar-refractivity contribution in [3.63, 3.8) is 0 Å². The maximum absolute atomic E-state index is 12.7. The van der Waals surface area contributed by atoms with Gasteiger partial charge in [0.15, 0.2) is 0 Å². The second-order valence-electron chi connectivity index (χ2n) is 8.26. The number of carbonyl (C=O) groups excluding carboxylic acids is 1. The monoisotopic (exact) mass is 515 g/mol. The van der Waals surface area contributed by atoms with Crippen LogP contribution in [0.25, 0.3) is 0 Å². The normalized spacial score (nSPS) is 17.6. The number of carbonyl (C=O) groups is 1. The van der Waals surface area contributed by atoms with Crippen molar-refractivity contribution in [1.29, 1.82) is 0 Å². The first-order valence-electron chi connectivity index (χ1n) is 13.4. The minimum absolute atomic E-state index is 0.0893. The zero-order valence-electron chi connectivity index (χ0n) is 24.2. The second-order valence-corrected chi connectivity index (χ2v) is 8.26. The largest absolute Gasteiger partial charge is 0.405 e. The molecule has 7 heteroatoms. The Hall–Kier alpha value is -2.90.